The molecule has 0 radical (unpaired) electrons. The molecule has 1 amide bonds. The number of carbonyl (C=O) groups is 1. The van der Waals surface area contributed by atoms with E-state index in [9.17, 15) is 22.4 Å². The normalized spacial score (nSPS) is 19.5. The minimum atomic E-state index is -2.73. The number of nitrogens with zero attached hydrogens (tertiary/aromatic N) is 1. The van der Waals surface area contributed by atoms with E-state index in [0.29, 0.717) is 12.5 Å². The molecule has 0 spiro atoms. The Hall–Kier alpha value is -1.12. The van der Waals surface area contributed by atoms with Gasteiger partial charge in [-0.05, 0) is 18.6 Å². The van der Waals surface area contributed by atoms with E-state index >= 15 is 0 Å². The van der Waals surface area contributed by atoms with Gasteiger partial charge in [-0.2, -0.15) is 0 Å². The fraction of sp³-hybridized carbons (Fsp3) is 0.308. The molecule has 1 heterocycles. The SMILES string of the molecule is O=C1C(I)CC=C(c2ccc(F)cc2F)N1CC(F)F. The number of rotatable bonds is 3. The average molecular weight is 399 g/mol. The molecule has 0 aliphatic carbocycles. The third-order valence-corrected chi connectivity index (χ3v) is 3.91. The Balaban J connectivity index is 2.43. The van der Waals surface area contributed by atoms with Crippen molar-refractivity contribution in [3.05, 3.63) is 41.5 Å². The Kier molecular flexibility index (Phi) is 4.66. The highest BCUT2D eigenvalue weighted by Crippen LogP contribution is 2.31. The Morgan fingerprint density at radius 1 is 1.35 bits per heavy atom. The average Bonchev–Trinajstić information content (AvgIpc) is 2.36. The molecule has 0 saturated heterocycles. The molecule has 0 saturated carbocycles. The summed E-state index contributed by atoms with van der Waals surface area (Å²) in [5.74, 6) is -2.14. The molecule has 108 valence electrons. The van der Waals surface area contributed by atoms with Crippen LogP contribution in [-0.4, -0.2) is 27.7 Å². The van der Waals surface area contributed by atoms with E-state index in [4.69, 9.17) is 0 Å². The summed E-state index contributed by atoms with van der Waals surface area (Å²) in [5, 5.41) is 0. The summed E-state index contributed by atoms with van der Waals surface area (Å²) in [5.41, 5.74) is 0.0180. The Bertz CT molecular complexity index is 561. The minimum Gasteiger partial charge on any atom is -0.305 e. The lowest BCUT2D eigenvalue weighted by molar-refractivity contribution is -0.128. The summed E-state index contributed by atoms with van der Waals surface area (Å²) >= 11 is 1.85. The molecular formula is C13H10F4INO. The fourth-order valence-electron chi connectivity index (χ4n) is 1.99. The zero-order valence-electron chi connectivity index (χ0n) is 10.1. The number of hydrogen-bond acceptors (Lipinski definition) is 1. The second-order valence-corrected chi connectivity index (χ2v) is 5.76. The van der Waals surface area contributed by atoms with Gasteiger partial charge < -0.3 is 4.90 Å². The summed E-state index contributed by atoms with van der Waals surface area (Å²) in [6.07, 6.45) is -0.879. The van der Waals surface area contributed by atoms with Gasteiger partial charge in [0.1, 0.15) is 11.6 Å². The smallest absolute Gasteiger partial charge is 0.256 e. The number of carbonyl (C=O) groups excluding carboxylic acids is 1. The van der Waals surface area contributed by atoms with Crippen LogP contribution in [0.4, 0.5) is 17.6 Å². The Morgan fingerprint density at radius 2 is 2.05 bits per heavy atom. The van der Waals surface area contributed by atoms with Crippen LogP contribution in [0.25, 0.3) is 5.70 Å². The third kappa shape index (κ3) is 3.13. The molecule has 0 fully saturated rings. The predicted octanol–water partition coefficient (Wildman–Crippen LogP) is 3.61. The summed E-state index contributed by atoms with van der Waals surface area (Å²) in [6, 6.07) is 2.84. The van der Waals surface area contributed by atoms with Gasteiger partial charge in [0, 0.05) is 11.6 Å². The second-order valence-electron chi connectivity index (χ2n) is 4.26. The van der Waals surface area contributed by atoms with Crippen LogP contribution in [0.1, 0.15) is 12.0 Å². The third-order valence-electron chi connectivity index (χ3n) is 2.87. The molecule has 1 aliphatic heterocycles. The molecular weight excluding hydrogens is 389 g/mol. The van der Waals surface area contributed by atoms with Crippen LogP contribution >= 0.6 is 22.6 Å². The molecule has 1 aromatic carbocycles. The van der Waals surface area contributed by atoms with Gasteiger partial charge in [0.25, 0.3) is 6.43 Å². The quantitative estimate of drug-likeness (QED) is 0.432. The van der Waals surface area contributed by atoms with Gasteiger partial charge in [0.15, 0.2) is 0 Å². The van der Waals surface area contributed by atoms with Crippen molar-refractivity contribution in [1.82, 2.24) is 4.90 Å². The van der Waals surface area contributed by atoms with Gasteiger partial charge in [0.2, 0.25) is 5.91 Å². The first-order valence-corrected chi connectivity index (χ1v) is 7.04. The Labute approximate surface area is 126 Å². The highest BCUT2D eigenvalue weighted by Gasteiger charge is 2.32. The van der Waals surface area contributed by atoms with Gasteiger partial charge in [-0.3, -0.25) is 4.79 Å². The standard InChI is InChI=1S/C13H10F4INO/c14-7-1-2-8(9(15)5-7)11-4-3-10(18)13(20)19(11)6-12(16)17/h1-2,4-5,10,12H,3,6H2. The zero-order chi connectivity index (χ0) is 14.9. The first-order valence-electron chi connectivity index (χ1n) is 5.79. The highest BCUT2D eigenvalue weighted by atomic mass is 127. The molecule has 1 atom stereocenters. The van der Waals surface area contributed by atoms with Crippen LogP contribution < -0.4 is 0 Å². The number of allylic oxidation sites excluding steroid dienone is 1. The van der Waals surface area contributed by atoms with Crippen LogP contribution in [-0.2, 0) is 4.79 Å². The van der Waals surface area contributed by atoms with E-state index in [-0.39, 0.29) is 11.3 Å². The van der Waals surface area contributed by atoms with Crippen molar-refractivity contribution < 1.29 is 22.4 Å². The van der Waals surface area contributed by atoms with Crippen molar-refractivity contribution in [2.24, 2.45) is 0 Å². The summed E-state index contributed by atoms with van der Waals surface area (Å²) in [4.78, 5) is 12.8. The van der Waals surface area contributed by atoms with E-state index in [1.165, 1.54) is 6.08 Å². The van der Waals surface area contributed by atoms with Gasteiger partial charge >= 0.3 is 0 Å². The van der Waals surface area contributed by atoms with Gasteiger partial charge in [-0.15, -0.1) is 0 Å². The maximum atomic E-state index is 13.8. The Morgan fingerprint density at radius 3 is 2.65 bits per heavy atom. The van der Waals surface area contributed by atoms with E-state index in [1.54, 1.807) is 0 Å². The first kappa shape index (κ1) is 15.3. The van der Waals surface area contributed by atoms with Gasteiger partial charge in [-0.25, -0.2) is 17.6 Å². The molecule has 2 rings (SSSR count). The number of hydrogen-bond donors (Lipinski definition) is 0. The van der Waals surface area contributed by atoms with Crippen LogP contribution in [0.3, 0.4) is 0 Å². The van der Waals surface area contributed by atoms with Crippen LogP contribution in [0.5, 0.6) is 0 Å². The van der Waals surface area contributed by atoms with Crippen molar-refractivity contribution >= 4 is 34.2 Å². The second kappa shape index (κ2) is 6.11. The lowest BCUT2D eigenvalue weighted by atomic mass is 10.0. The lowest BCUT2D eigenvalue weighted by Gasteiger charge is -2.31. The molecule has 2 nitrogen and oxygen atoms in total. The maximum absolute atomic E-state index is 13.8. The van der Waals surface area contributed by atoms with Gasteiger partial charge in [0.05, 0.1) is 16.2 Å². The van der Waals surface area contributed by atoms with E-state index in [2.05, 4.69) is 0 Å². The molecule has 1 unspecified atom stereocenters. The highest BCUT2D eigenvalue weighted by molar-refractivity contribution is 14.1. The van der Waals surface area contributed by atoms with E-state index < -0.39 is 34.4 Å². The molecule has 1 aliphatic rings. The molecule has 1 aromatic rings. The summed E-state index contributed by atoms with van der Waals surface area (Å²) in [6.45, 7) is -0.805. The van der Waals surface area contributed by atoms with E-state index in [1.807, 2.05) is 22.6 Å². The summed E-state index contributed by atoms with van der Waals surface area (Å²) in [7, 11) is 0. The minimum absolute atomic E-state index is 0.0521. The van der Waals surface area contributed by atoms with Crippen LogP contribution in [0.15, 0.2) is 24.3 Å². The number of amides is 1. The maximum Gasteiger partial charge on any atom is 0.256 e. The van der Waals surface area contributed by atoms with Crippen molar-refractivity contribution in [2.45, 2.75) is 16.8 Å². The fourth-order valence-corrected chi connectivity index (χ4v) is 2.58. The van der Waals surface area contributed by atoms with Crippen LogP contribution in [0.2, 0.25) is 0 Å². The number of halogens is 5. The predicted molar refractivity (Wildman–Crippen MR) is 74.5 cm³/mol. The first-order chi connectivity index (χ1) is 9.40. The zero-order valence-corrected chi connectivity index (χ0v) is 12.3. The summed E-state index contributed by atoms with van der Waals surface area (Å²) < 4.78 is 51.4. The molecule has 7 heteroatoms. The topological polar surface area (TPSA) is 20.3 Å². The van der Waals surface area contributed by atoms with Crippen molar-refractivity contribution in [1.29, 1.82) is 0 Å². The molecule has 0 N–H and O–H groups in total. The van der Waals surface area contributed by atoms with Crippen molar-refractivity contribution in [2.75, 3.05) is 6.54 Å². The molecule has 20 heavy (non-hydrogen) atoms. The van der Waals surface area contributed by atoms with E-state index in [0.717, 1.165) is 17.0 Å². The largest absolute Gasteiger partial charge is 0.305 e. The van der Waals surface area contributed by atoms with Crippen molar-refractivity contribution in [3.63, 3.8) is 0 Å². The van der Waals surface area contributed by atoms with Crippen LogP contribution in [0, 0.1) is 11.6 Å². The molecule has 0 bridgehead atoms. The number of alkyl halides is 3. The number of benzene rings is 1. The van der Waals surface area contributed by atoms with Gasteiger partial charge in [-0.1, -0.05) is 28.7 Å². The molecule has 0 aromatic heterocycles. The van der Waals surface area contributed by atoms with Crippen molar-refractivity contribution in [3.8, 4) is 0 Å². The lowest BCUT2D eigenvalue weighted by Crippen LogP contribution is -2.41. The monoisotopic (exact) mass is 399 g/mol.